The Kier molecular flexibility index (Phi) is 5.25. The van der Waals surface area contributed by atoms with Crippen molar-refractivity contribution in [2.24, 2.45) is 11.8 Å². The van der Waals surface area contributed by atoms with Crippen LogP contribution >= 0.6 is 0 Å². The van der Waals surface area contributed by atoms with E-state index in [9.17, 15) is 22.8 Å². The molecular weight excluding hydrogens is 289 g/mol. The molecule has 5 nitrogen and oxygen atoms in total. The number of carboxylic acids is 1. The molecule has 0 aromatic rings. The molecule has 0 radical (unpaired) electrons. The van der Waals surface area contributed by atoms with Crippen molar-refractivity contribution in [3.63, 3.8) is 0 Å². The minimum atomic E-state index is -4.57. The van der Waals surface area contributed by atoms with Crippen molar-refractivity contribution >= 4 is 11.9 Å². The second-order valence-electron chi connectivity index (χ2n) is 6.07. The topological polar surface area (TPSA) is 69.6 Å². The number of hydrogen-bond acceptors (Lipinski definition) is 3. The quantitative estimate of drug-likeness (QED) is 0.807. The maximum Gasteiger partial charge on any atom is 0.393 e. The summed E-state index contributed by atoms with van der Waals surface area (Å²) in [6.45, 7) is 4.57. The lowest BCUT2D eigenvalue weighted by Gasteiger charge is -2.26. The van der Waals surface area contributed by atoms with E-state index in [-0.39, 0.29) is 13.1 Å². The number of carbonyl (C=O) groups is 2. The summed E-state index contributed by atoms with van der Waals surface area (Å²) < 4.78 is 38.5. The molecule has 0 bridgehead atoms. The van der Waals surface area contributed by atoms with E-state index in [0.717, 1.165) is 0 Å². The second-order valence-corrected chi connectivity index (χ2v) is 6.07. The Morgan fingerprint density at radius 2 is 1.86 bits per heavy atom. The Balaban J connectivity index is 2.67. The summed E-state index contributed by atoms with van der Waals surface area (Å²) >= 11 is 0. The third kappa shape index (κ3) is 4.87. The number of carboxylic acid groups (broad SMARTS) is 1. The minimum absolute atomic E-state index is 0.222. The molecule has 1 heterocycles. The maximum atomic E-state index is 12.8. The fourth-order valence-corrected chi connectivity index (χ4v) is 2.30. The van der Waals surface area contributed by atoms with Crippen LogP contribution in [-0.4, -0.2) is 53.2 Å². The van der Waals surface area contributed by atoms with Gasteiger partial charge in [-0.15, -0.1) is 0 Å². The highest BCUT2D eigenvalue weighted by molar-refractivity contribution is 5.79. The molecule has 122 valence electrons. The molecule has 1 saturated heterocycles. The molecule has 0 aliphatic carbocycles. The Morgan fingerprint density at radius 1 is 1.29 bits per heavy atom. The number of amides is 1. The summed E-state index contributed by atoms with van der Waals surface area (Å²) in [4.78, 5) is 24.0. The van der Waals surface area contributed by atoms with Gasteiger partial charge in [-0.1, -0.05) is 6.92 Å². The SMILES string of the molecule is CCC(C)(C)NC(=O)CN1C[C@@H](C(F)(F)F)[C@H](C(=O)O)C1. The molecule has 0 saturated carbocycles. The molecule has 1 fully saturated rings. The van der Waals surface area contributed by atoms with Gasteiger partial charge in [0.15, 0.2) is 0 Å². The van der Waals surface area contributed by atoms with Crippen molar-refractivity contribution in [2.75, 3.05) is 19.6 Å². The van der Waals surface area contributed by atoms with E-state index in [1.807, 2.05) is 20.8 Å². The number of carbonyl (C=O) groups excluding carboxylic acids is 1. The fourth-order valence-electron chi connectivity index (χ4n) is 2.30. The molecule has 1 rings (SSSR count). The lowest BCUT2D eigenvalue weighted by Crippen LogP contribution is -2.47. The van der Waals surface area contributed by atoms with Crippen LogP contribution in [0.4, 0.5) is 13.2 Å². The molecule has 21 heavy (non-hydrogen) atoms. The number of hydrogen-bond donors (Lipinski definition) is 2. The predicted octanol–water partition coefficient (Wildman–Crippen LogP) is 1.49. The van der Waals surface area contributed by atoms with E-state index in [1.54, 1.807) is 0 Å². The van der Waals surface area contributed by atoms with Crippen LogP contribution in [0.25, 0.3) is 0 Å². The van der Waals surface area contributed by atoms with E-state index in [1.165, 1.54) is 4.90 Å². The highest BCUT2D eigenvalue weighted by atomic mass is 19.4. The van der Waals surface area contributed by atoms with Crippen LogP contribution in [0.3, 0.4) is 0 Å². The van der Waals surface area contributed by atoms with E-state index in [0.29, 0.717) is 6.42 Å². The lowest BCUT2D eigenvalue weighted by atomic mass is 9.96. The van der Waals surface area contributed by atoms with Crippen molar-refractivity contribution in [3.05, 3.63) is 0 Å². The van der Waals surface area contributed by atoms with Gasteiger partial charge in [-0.3, -0.25) is 14.5 Å². The molecule has 1 amide bonds. The number of nitrogens with zero attached hydrogens (tertiary/aromatic N) is 1. The molecular formula is C13H21F3N2O3. The number of nitrogens with one attached hydrogen (secondary N) is 1. The Morgan fingerprint density at radius 3 is 2.24 bits per heavy atom. The number of rotatable bonds is 5. The lowest BCUT2D eigenvalue weighted by molar-refractivity contribution is -0.188. The predicted molar refractivity (Wildman–Crippen MR) is 69.6 cm³/mol. The first kappa shape index (κ1) is 17.7. The monoisotopic (exact) mass is 310 g/mol. The Bertz CT molecular complexity index is 410. The highest BCUT2D eigenvalue weighted by Crippen LogP contribution is 2.37. The van der Waals surface area contributed by atoms with Gasteiger partial charge in [-0.05, 0) is 20.3 Å². The van der Waals surface area contributed by atoms with Crippen LogP contribution in [0.5, 0.6) is 0 Å². The third-order valence-electron chi connectivity index (χ3n) is 3.86. The van der Waals surface area contributed by atoms with Crippen molar-refractivity contribution < 1.29 is 27.9 Å². The van der Waals surface area contributed by atoms with Crippen LogP contribution in [0.1, 0.15) is 27.2 Å². The summed E-state index contributed by atoms with van der Waals surface area (Å²) in [5.41, 5.74) is -0.438. The van der Waals surface area contributed by atoms with Gasteiger partial charge in [0, 0.05) is 18.6 Å². The summed E-state index contributed by atoms with van der Waals surface area (Å²) in [6, 6.07) is 0. The molecule has 1 aliphatic heterocycles. The molecule has 2 N–H and O–H groups in total. The number of aliphatic carboxylic acids is 1. The van der Waals surface area contributed by atoms with Crippen molar-refractivity contribution in [1.82, 2.24) is 10.2 Å². The average Bonchev–Trinajstić information content (AvgIpc) is 2.72. The molecule has 2 atom stereocenters. The molecule has 8 heteroatoms. The zero-order chi connectivity index (χ0) is 16.4. The summed E-state index contributed by atoms with van der Waals surface area (Å²) in [5.74, 6) is -5.32. The third-order valence-corrected chi connectivity index (χ3v) is 3.86. The van der Waals surface area contributed by atoms with Crippen LogP contribution < -0.4 is 5.32 Å². The van der Waals surface area contributed by atoms with Crippen molar-refractivity contribution in [2.45, 2.75) is 38.9 Å². The largest absolute Gasteiger partial charge is 0.481 e. The van der Waals surface area contributed by atoms with Gasteiger partial charge >= 0.3 is 12.1 Å². The second kappa shape index (κ2) is 6.21. The standard InChI is InChI=1S/C13H21F3N2O3/c1-4-12(2,3)17-10(19)7-18-5-8(11(20)21)9(6-18)13(14,15)16/h8-9H,4-7H2,1-3H3,(H,17,19)(H,20,21)/t8-,9-/m1/s1. The van der Waals surface area contributed by atoms with Gasteiger partial charge < -0.3 is 10.4 Å². The van der Waals surface area contributed by atoms with Crippen LogP contribution in [0.15, 0.2) is 0 Å². The van der Waals surface area contributed by atoms with Gasteiger partial charge in [0.25, 0.3) is 0 Å². The highest BCUT2D eigenvalue weighted by Gasteiger charge is 2.52. The van der Waals surface area contributed by atoms with E-state index >= 15 is 0 Å². The first-order valence-corrected chi connectivity index (χ1v) is 6.79. The maximum absolute atomic E-state index is 12.8. The summed E-state index contributed by atoms with van der Waals surface area (Å²) in [7, 11) is 0. The van der Waals surface area contributed by atoms with Gasteiger partial charge in [0.05, 0.1) is 18.4 Å². The van der Waals surface area contributed by atoms with Crippen LogP contribution in [-0.2, 0) is 9.59 Å². The zero-order valence-electron chi connectivity index (χ0n) is 12.3. The summed E-state index contributed by atoms with van der Waals surface area (Å²) in [5, 5.41) is 11.6. The molecule has 1 aliphatic rings. The summed E-state index contributed by atoms with van der Waals surface area (Å²) in [6.07, 6.45) is -3.89. The van der Waals surface area contributed by atoms with Gasteiger partial charge in [-0.25, -0.2) is 0 Å². The zero-order valence-corrected chi connectivity index (χ0v) is 12.3. The van der Waals surface area contributed by atoms with Gasteiger partial charge in [0.2, 0.25) is 5.91 Å². The van der Waals surface area contributed by atoms with E-state index < -0.39 is 42.0 Å². The van der Waals surface area contributed by atoms with Crippen LogP contribution in [0.2, 0.25) is 0 Å². The van der Waals surface area contributed by atoms with Gasteiger partial charge in [-0.2, -0.15) is 13.2 Å². The number of alkyl halides is 3. The smallest absolute Gasteiger partial charge is 0.393 e. The van der Waals surface area contributed by atoms with E-state index in [4.69, 9.17) is 5.11 Å². The molecule has 0 aromatic carbocycles. The molecule has 0 spiro atoms. The average molecular weight is 310 g/mol. The fraction of sp³-hybridized carbons (Fsp3) is 0.846. The molecule has 0 unspecified atom stereocenters. The molecule has 0 aromatic heterocycles. The van der Waals surface area contributed by atoms with Crippen molar-refractivity contribution in [1.29, 1.82) is 0 Å². The Hall–Kier alpha value is -1.31. The number of likely N-dealkylation sites (tertiary alicyclic amines) is 1. The first-order chi connectivity index (χ1) is 9.46. The normalized spacial score (nSPS) is 24.1. The Labute approximate surface area is 121 Å². The van der Waals surface area contributed by atoms with Gasteiger partial charge in [0.1, 0.15) is 0 Å². The van der Waals surface area contributed by atoms with Crippen molar-refractivity contribution in [3.8, 4) is 0 Å². The van der Waals surface area contributed by atoms with Crippen LogP contribution in [0, 0.1) is 11.8 Å². The van der Waals surface area contributed by atoms with E-state index in [2.05, 4.69) is 5.32 Å². The minimum Gasteiger partial charge on any atom is -0.481 e. The number of halogens is 3. The first-order valence-electron chi connectivity index (χ1n) is 6.79.